The molecular formula is C14H18N4O. The molecule has 1 aromatic heterocycles. The quantitative estimate of drug-likeness (QED) is 0.489. The molecule has 0 spiro atoms. The van der Waals surface area contributed by atoms with Crippen molar-refractivity contribution in [3.63, 3.8) is 0 Å². The van der Waals surface area contributed by atoms with Crippen LogP contribution in [0.5, 0.6) is 0 Å². The van der Waals surface area contributed by atoms with Crippen LogP contribution in [0, 0.1) is 5.41 Å². The molecule has 0 amide bonds. The molecule has 5 nitrogen and oxygen atoms in total. The molecule has 19 heavy (non-hydrogen) atoms. The second-order valence-corrected chi connectivity index (χ2v) is 5.53. The second-order valence-electron chi connectivity index (χ2n) is 5.53. The maximum Gasteiger partial charge on any atom is 0.270 e. The third-order valence-corrected chi connectivity index (χ3v) is 3.03. The van der Waals surface area contributed by atoms with Crippen LogP contribution in [0.4, 0.5) is 0 Å². The van der Waals surface area contributed by atoms with Gasteiger partial charge in [0.05, 0.1) is 11.0 Å². The highest BCUT2D eigenvalue weighted by molar-refractivity contribution is 5.90. The van der Waals surface area contributed by atoms with Crippen molar-refractivity contribution < 1.29 is 0 Å². The summed E-state index contributed by atoms with van der Waals surface area (Å²) in [4.78, 5) is 19.2. The van der Waals surface area contributed by atoms with Crippen LogP contribution in [0.15, 0.2) is 34.2 Å². The average molecular weight is 258 g/mol. The molecule has 2 aromatic rings. The molecule has 0 bridgehead atoms. The molecule has 0 radical (unpaired) electrons. The van der Waals surface area contributed by atoms with Crippen molar-refractivity contribution in [2.24, 2.45) is 16.4 Å². The molecule has 0 saturated heterocycles. The lowest BCUT2D eigenvalue weighted by Crippen LogP contribution is -2.28. The Morgan fingerprint density at radius 2 is 2.05 bits per heavy atom. The lowest BCUT2D eigenvalue weighted by Gasteiger charge is -2.20. The van der Waals surface area contributed by atoms with Crippen LogP contribution in [0.2, 0.25) is 0 Å². The van der Waals surface area contributed by atoms with E-state index in [-0.39, 0.29) is 11.0 Å². The first-order valence-electron chi connectivity index (χ1n) is 6.17. The number of nitrogens with one attached hydrogen (secondary N) is 1. The number of hydrogen-bond donors (Lipinski definition) is 2. The van der Waals surface area contributed by atoms with Gasteiger partial charge in [0, 0.05) is 17.5 Å². The summed E-state index contributed by atoms with van der Waals surface area (Å²) in [6.07, 6.45) is 0.361. The maximum absolute atomic E-state index is 12.0. The number of aromatic nitrogens is 2. The fraction of sp³-hybridized carbons (Fsp3) is 0.357. The molecule has 0 unspecified atom stereocenters. The second kappa shape index (κ2) is 4.84. The highest BCUT2D eigenvalue weighted by atomic mass is 16.1. The van der Waals surface area contributed by atoms with Crippen molar-refractivity contribution in [1.29, 1.82) is 0 Å². The summed E-state index contributed by atoms with van der Waals surface area (Å²) in [5.74, 6) is 5.42. The van der Waals surface area contributed by atoms with Crippen molar-refractivity contribution in [2.75, 3.05) is 0 Å². The van der Waals surface area contributed by atoms with Gasteiger partial charge in [0.1, 0.15) is 5.69 Å². The minimum absolute atomic E-state index is 0.186. The Bertz CT molecular complexity index is 680. The van der Waals surface area contributed by atoms with Crippen LogP contribution in [0.1, 0.15) is 26.5 Å². The Hall–Kier alpha value is -2.17. The lowest BCUT2D eigenvalue weighted by atomic mass is 9.87. The third-order valence-electron chi connectivity index (χ3n) is 3.03. The Morgan fingerprint density at radius 1 is 1.37 bits per heavy atom. The third kappa shape index (κ3) is 2.81. The van der Waals surface area contributed by atoms with Gasteiger partial charge in [-0.15, -0.1) is 0 Å². The van der Waals surface area contributed by atoms with E-state index in [1.165, 1.54) is 0 Å². The normalized spacial score (nSPS) is 12.9. The number of H-pyrrole nitrogens is 1. The molecular weight excluding hydrogens is 240 g/mol. The van der Waals surface area contributed by atoms with Gasteiger partial charge in [-0.3, -0.25) is 4.79 Å². The van der Waals surface area contributed by atoms with Crippen LogP contribution in [-0.4, -0.2) is 15.7 Å². The standard InChI is InChI=1S/C14H18N4O/c1-14(2,3)12(18-15)8-11-13(19)17-10-7-5-4-6-9(10)16-11/h4-7H,8,15H2,1-3H3,(H,17,19)/b18-12+. The number of nitrogens with two attached hydrogens (primary N) is 1. The highest BCUT2D eigenvalue weighted by Crippen LogP contribution is 2.18. The summed E-state index contributed by atoms with van der Waals surface area (Å²) < 4.78 is 0. The van der Waals surface area contributed by atoms with Gasteiger partial charge < -0.3 is 10.8 Å². The van der Waals surface area contributed by atoms with E-state index in [0.29, 0.717) is 12.1 Å². The van der Waals surface area contributed by atoms with Crippen LogP contribution >= 0.6 is 0 Å². The van der Waals surface area contributed by atoms with Gasteiger partial charge in [-0.05, 0) is 12.1 Å². The fourth-order valence-corrected chi connectivity index (χ4v) is 1.85. The predicted molar refractivity (Wildman–Crippen MR) is 77.1 cm³/mol. The molecule has 3 N–H and O–H groups in total. The monoisotopic (exact) mass is 258 g/mol. The summed E-state index contributed by atoms with van der Waals surface area (Å²) >= 11 is 0. The van der Waals surface area contributed by atoms with Gasteiger partial charge in [0.15, 0.2) is 0 Å². The van der Waals surface area contributed by atoms with Crippen LogP contribution < -0.4 is 11.4 Å². The van der Waals surface area contributed by atoms with Gasteiger partial charge in [-0.1, -0.05) is 32.9 Å². The number of hydrazone groups is 1. The van der Waals surface area contributed by atoms with Gasteiger partial charge in [-0.2, -0.15) is 5.10 Å². The van der Waals surface area contributed by atoms with Crippen molar-refractivity contribution in [2.45, 2.75) is 27.2 Å². The van der Waals surface area contributed by atoms with Crippen molar-refractivity contribution in [3.05, 3.63) is 40.3 Å². The summed E-state index contributed by atoms with van der Waals surface area (Å²) in [6.45, 7) is 6.02. The van der Waals surface area contributed by atoms with Crippen molar-refractivity contribution in [1.82, 2.24) is 9.97 Å². The fourth-order valence-electron chi connectivity index (χ4n) is 1.85. The largest absolute Gasteiger partial charge is 0.323 e. The number of hydrogen-bond acceptors (Lipinski definition) is 4. The van der Waals surface area contributed by atoms with Crippen LogP contribution in [0.3, 0.4) is 0 Å². The number of rotatable bonds is 2. The Kier molecular flexibility index (Phi) is 3.38. The van der Waals surface area contributed by atoms with Crippen molar-refractivity contribution >= 4 is 16.7 Å². The van der Waals surface area contributed by atoms with E-state index in [9.17, 15) is 4.79 Å². The van der Waals surface area contributed by atoms with Crippen LogP contribution in [-0.2, 0) is 6.42 Å². The average Bonchev–Trinajstić information content (AvgIpc) is 2.34. The molecule has 1 heterocycles. The molecule has 0 saturated carbocycles. The van der Waals surface area contributed by atoms with E-state index >= 15 is 0 Å². The van der Waals surface area contributed by atoms with Crippen LogP contribution in [0.25, 0.3) is 11.0 Å². The maximum atomic E-state index is 12.0. The Morgan fingerprint density at radius 3 is 2.68 bits per heavy atom. The van der Waals surface area contributed by atoms with Gasteiger partial charge >= 0.3 is 0 Å². The van der Waals surface area contributed by atoms with Gasteiger partial charge in [0.2, 0.25) is 0 Å². The number of aromatic amines is 1. The number of nitrogens with zero attached hydrogens (tertiary/aromatic N) is 2. The van der Waals surface area contributed by atoms with Crippen molar-refractivity contribution in [3.8, 4) is 0 Å². The van der Waals surface area contributed by atoms with E-state index in [2.05, 4.69) is 15.1 Å². The topological polar surface area (TPSA) is 84.1 Å². The minimum atomic E-state index is -0.191. The molecule has 0 aliphatic heterocycles. The van der Waals surface area contributed by atoms with E-state index in [0.717, 1.165) is 16.7 Å². The molecule has 0 aliphatic carbocycles. The smallest absolute Gasteiger partial charge is 0.270 e. The Labute approximate surface area is 111 Å². The summed E-state index contributed by atoms with van der Waals surface area (Å²) in [5.41, 5.74) is 2.32. The molecule has 0 aliphatic rings. The summed E-state index contributed by atoms with van der Waals surface area (Å²) in [5, 5.41) is 3.80. The zero-order valence-electron chi connectivity index (χ0n) is 11.4. The molecule has 0 fully saturated rings. The molecule has 5 heteroatoms. The first kappa shape index (κ1) is 13.3. The number of fused-ring (bicyclic) bond motifs is 1. The minimum Gasteiger partial charge on any atom is -0.323 e. The summed E-state index contributed by atoms with van der Waals surface area (Å²) in [6, 6.07) is 7.45. The number of para-hydroxylation sites is 2. The SMILES string of the molecule is CC(C)(C)/C(Cc1nc2ccccc2[nH]c1=O)=N/N. The zero-order valence-corrected chi connectivity index (χ0v) is 11.4. The van der Waals surface area contributed by atoms with E-state index in [1.807, 2.05) is 45.0 Å². The van der Waals surface area contributed by atoms with E-state index < -0.39 is 0 Å². The number of benzene rings is 1. The zero-order chi connectivity index (χ0) is 14.0. The molecule has 1 aromatic carbocycles. The van der Waals surface area contributed by atoms with Gasteiger partial charge in [0.25, 0.3) is 5.56 Å². The highest BCUT2D eigenvalue weighted by Gasteiger charge is 2.21. The molecule has 0 atom stereocenters. The Balaban J connectivity index is 2.46. The van der Waals surface area contributed by atoms with E-state index in [4.69, 9.17) is 5.84 Å². The first-order valence-corrected chi connectivity index (χ1v) is 6.17. The lowest BCUT2D eigenvalue weighted by molar-refractivity contribution is 0.577. The first-order chi connectivity index (χ1) is 8.91. The van der Waals surface area contributed by atoms with Gasteiger partial charge in [-0.25, -0.2) is 4.98 Å². The molecule has 100 valence electrons. The van der Waals surface area contributed by atoms with E-state index in [1.54, 1.807) is 0 Å². The predicted octanol–water partition coefficient (Wildman–Crippen LogP) is 1.83. The molecule has 2 rings (SSSR count). The summed E-state index contributed by atoms with van der Waals surface area (Å²) in [7, 11) is 0.